The van der Waals surface area contributed by atoms with Crippen molar-refractivity contribution in [3.8, 4) is 12.3 Å². The highest BCUT2D eigenvalue weighted by atomic mass is 32.1. The summed E-state index contributed by atoms with van der Waals surface area (Å²) in [7, 11) is 3.55. The average Bonchev–Trinajstić information content (AvgIpc) is 3.58. The Bertz CT molecular complexity index is 1230. The van der Waals surface area contributed by atoms with Crippen molar-refractivity contribution in [1.82, 2.24) is 25.8 Å². The van der Waals surface area contributed by atoms with Crippen LogP contribution in [0.2, 0.25) is 0 Å². The number of hydrogen-bond acceptors (Lipinski definition) is 8. The van der Waals surface area contributed by atoms with Crippen LogP contribution in [0.3, 0.4) is 0 Å². The topological polar surface area (TPSA) is 144 Å². The molecule has 10 nitrogen and oxygen atoms in total. The Morgan fingerprint density at radius 1 is 1.09 bits per heavy atom. The SMILES string of the molecule is C#CC[C@H](O)[C@H](O)[C@H](CC1CCCCC1)NC(=O)[C@@H](CNC(=O)[C@@H](CC(=O)N(C)CCNC)Cc1ccccc1)Cc1cscn1. The van der Waals surface area contributed by atoms with Gasteiger partial charge in [0.2, 0.25) is 17.7 Å². The van der Waals surface area contributed by atoms with Crippen molar-refractivity contribution in [2.24, 2.45) is 17.8 Å². The first-order valence-electron chi connectivity index (χ1n) is 16.4. The van der Waals surface area contributed by atoms with Gasteiger partial charge in [0.25, 0.3) is 0 Å². The number of terminal acetylenes is 1. The highest BCUT2D eigenvalue weighted by molar-refractivity contribution is 7.07. The smallest absolute Gasteiger partial charge is 0.225 e. The molecule has 1 aromatic heterocycles. The molecule has 11 heteroatoms. The summed E-state index contributed by atoms with van der Waals surface area (Å²) in [6.45, 7) is 1.19. The van der Waals surface area contributed by atoms with Crippen molar-refractivity contribution in [2.75, 3.05) is 33.7 Å². The van der Waals surface area contributed by atoms with Crippen LogP contribution < -0.4 is 16.0 Å². The van der Waals surface area contributed by atoms with Gasteiger partial charge in [-0.05, 0) is 31.4 Å². The third kappa shape index (κ3) is 12.5. The molecule has 2 aromatic rings. The van der Waals surface area contributed by atoms with Gasteiger partial charge in [0.15, 0.2) is 0 Å². The fourth-order valence-corrected chi connectivity index (χ4v) is 6.59. The van der Waals surface area contributed by atoms with Crippen molar-refractivity contribution in [2.45, 2.75) is 82.5 Å². The van der Waals surface area contributed by atoms with E-state index in [0.717, 1.165) is 36.9 Å². The van der Waals surface area contributed by atoms with Crippen LogP contribution >= 0.6 is 11.3 Å². The van der Waals surface area contributed by atoms with Crippen LogP contribution in [-0.2, 0) is 27.2 Å². The third-order valence-corrected chi connectivity index (χ3v) is 9.48. The van der Waals surface area contributed by atoms with Crippen LogP contribution in [0.5, 0.6) is 0 Å². The van der Waals surface area contributed by atoms with Gasteiger partial charge in [-0.2, -0.15) is 0 Å². The molecule has 0 aliphatic heterocycles. The average molecular weight is 654 g/mol. The lowest BCUT2D eigenvalue weighted by Crippen LogP contribution is -2.52. The van der Waals surface area contributed by atoms with Crippen LogP contribution in [-0.4, -0.2) is 89.8 Å². The van der Waals surface area contributed by atoms with Crippen LogP contribution in [0.4, 0.5) is 0 Å². The lowest BCUT2D eigenvalue weighted by Gasteiger charge is -2.33. The monoisotopic (exact) mass is 653 g/mol. The van der Waals surface area contributed by atoms with E-state index in [1.54, 1.807) is 17.5 Å². The molecular weight excluding hydrogens is 602 g/mol. The standard InChI is InChI=1S/C35H51N5O5S/c1-4-11-31(41)33(43)30(19-26-14-9-6-10-15-26)39-35(45)28(20-29-23-46-24-38-29)22-37-34(44)27(18-25-12-7-5-8-13-25)21-32(42)40(3)17-16-36-2/h1,5,7-8,12-13,23-24,26-28,30-31,33,36,41,43H,6,9-11,14-22H2,2-3H3,(H,37,44)(H,39,45)/t27-,28-,30+,31+,33-/m1/s1. The molecule has 1 aliphatic carbocycles. The quantitative estimate of drug-likeness (QED) is 0.147. The largest absolute Gasteiger partial charge is 0.389 e. The normalized spacial score (nSPS) is 16.8. The number of nitrogens with zero attached hydrogens (tertiary/aromatic N) is 2. The van der Waals surface area contributed by atoms with Gasteiger partial charge < -0.3 is 31.1 Å². The third-order valence-electron chi connectivity index (χ3n) is 8.85. The number of thiazole rings is 1. The van der Waals surface area contributed by atoms with Gasteiger partial charge in [-0.1, -0.05) is 62.4 Å². The van der Waals surface area contributed by atoms with E-state index in [9.17, 15) is 24.6 Å². The molecule has 0 spiro atoms. The molecule has 1 aliphatic rings. The maximum atomic E-state index is 13.9. The molecule has 46 heavy (non-hydrogen) atoms. The molecule has 0 bridgehead atoms. The molecule has 1 aromatic carbocycles. The van der Waals surface area contributed by atoms with Gasteiger partial charge in [-0.15, -0.1) is 23.7 Å². The van der Waals surface area contributed by atoms with Gasteiger partial charge in [0.1, 0.15) is 6.10 Å². The van der Waals surface area contributed by atoms with Gasteiger partial charge in [-0.25, -0.2) is 4.98 Å². The zero-order valence-corrected chi connectivity index (χ0v) is 28.0. The number of rotatable bonds is 19. The van der Waals surface area contributed by atoms with E-state index >= 15 is 0 Å². The van der Waals surface area contributed by atoms with E-state index in [0.29, 0.717) is 31.8 Å². The van der Waals surface area contributed by atoms with Crippen molar-refractivity contribution in [1.29, 1.82) is 0 Å². The lowest BCUT2D eigenvalue weighted by molar-refractivity contribution is -0.135. The summed E-state index contributed by atoms with van der Waals surface area (Å²) in [5, 5.41) is 32.5. The minimum Gasteiger partial charge on any atom is -0.389 e. The molecule has 1 fully saturated rings. The van der Waals surface area contributed by atoms with E-state index in [1.165, 1.54) is 17.8 Å². The molecule has 0 unspecified atom stereocenters. The first-order chi connectivity index (χ1) is 22.2. The molecule has 3 amide bonds. The number of benzene rings is 1. The predicted molar refractivity (Wildman–Crippen MR) is 181 cm³/mol. The molecule has 5 atom stereocenters. The Kier molecular flexibility index (Phi) is 16.2. The zero-order chi connectivity index (χ0) is 33.3. The Labute approximate surface area is 277 Å². The number of aromatic nitrogens is 1. The highest BCUT2D eigenvalue weighted by Gasteiger charge is 2.33. The summed E-state index contributed by atoms with van der Waals surface area (Å²) in [5.74, 6) is 0.618. The Hall–Kier alpha value is -3.30. The number of amides is 3. The summed E-state index contributed by atoms with van der Waals surface area (Å²) >= 11 is 1.42. The van der Waals surface area contributed by atoms with Crippen molar-refractivity contribution in [3.63, 3.8) is 0 Å². The maximum absolute atomic E-state index is 13.9. The highest BCUT2D eigenvalue weighted by Crippen LogP contribution is 2.29. The Morgan fingerprint density at radius 3 is 2.48 bits per heavy atom. The first kappa shape index (κ1) is 37.2. The fourth-order valence-electron chi connectivity index (χ4n) is 6.02. The number of carbonyl (C=O) groups excluding carboxylic acids is 3. The first-order valence-corrected chi connectivity index (χ1v) is 17.3. The lowest BCUT2D eigenvalue weighted by atomic mass is 9.82. The van der Waals surface area contributed by atoms with E-state index < -0.39 is 30.1 Å². The van der Waals surface area contributed by atoms with Crippen molar-refractivity contribution >= 4 is 29.1 Å². The molecular formula is C35H51N5O5S. The number of likely N-dealkylation sites (N-methyl/N-ethyl adjacent to an activating group) is 2. The number of hydrogen-bond donors (Lipinski definition) is 5. The van der Waals surface area contributed by atoms with E-state index in [4.69, 9.17) is 6.42 Å². The molecule has 3 rings (SSSR count). The fraction of sp³-hybridized carbons (Fsp3) is 0.600. The van der Waals surface area contributed by atoms with Crippen LogP contribution in [0.1, 0.15) is 62.6 Å². The second-order valence-corrected chi connectivity index (χ2v) is 13.2. The molecule has 1 saturated carbocycles. The summed E-state index contributed by atoms with van der Waals surface area (Å²) < 4.78 is 0. The van der Waals surface area contributed by atoms with Gasteiger partial charge >= 0.3 is 0 Å². The number of aliphatic hydroxyl groups is 2. The summed E-state index contributed by atoms with van der Waals surface area (Å²) in [6.07, 6.45) is 9.61. The van der Waals surface area contributed by atoms with Crippen molar-refractivity contribution < 1.29 is 24.6 Å². The zero-order valence-electron chi connectivity index (χ0n) is 27.2. The van der Waals surface area contributed by atoms with E-state index in [-0.39, 0.29) is 43.5 Å². The minimum atomic E-state index is -1.22. The van der Waals surface area contributed by atoms with E-state index in [2.05, 4.69) is 26.9 Å². The summed E-state index contributed by atoms with van der Waals surface area (Å²) in [5.41, 5.74) is 3.36. The molecule has 252 valence electrons. The van der Waals surface area contributed by atoms with Crippen LogP contribution in [0.25, 0.3) is 0 Å². The van der Waals surface area contributed by atoms with Gasteiger partial charge in [0, 0.05) is 51.3 Å². The summed E-state index contributed by atoms with van der Waals surface area (Å²) in [4.78, 5) is 46.6. The van der Waals surface area contributed by atoms with Crippen molar-refractivity contribution in [3.05, 3.63) is 52.5 Å². The predicted octanol–water partition coefficient (Wildman–Crippen LogP) is 2.55. The van der Waals surface area contributed by atoms with E-state index in [1.807, 2.05) is 42.8 Å². The number of carbonyl (C=O) groups is 3. The van der Waals surface area contributed by atoms with Gasteiger partial charge in [-0.3, -0.25) is 14.4 Å². The second-order valence-electron chi connectivity index (χ2n) is 12.5. The Morgan fingerprint density at radius 2 is 1.83 bits per heavy atom. The molecule has 0 radical (unpaired) electrons. The minimum absolute atomic E-state index is 0.0242. The maximum Gasteiger partial charge on any atom is 0.225 e. The number of nitrogens with one attached hydrogen (secondary N) is 3. The molecule has 1 heterocycles. The van der Waals surface area contributed by atoms with Crippen LogP contribution in [0, 0.1) is 30.1 Å². The number of aliphatic hydroxyl groups excluding tert-OH is 2. The second kappa shape index (κ2) is 20.0. The summed E-state index contributed by atoms with van der Waals surface area (Å²) in [6, 6.07) is 8.88. The van der Waals surface area contributed by atoms with Gasteiger partial charge in [0.05, 0.1) is 35.2 Å². The molecule has 0 saturated heterocycles. The van der Waals surface area contributed by atoms with Crippen LogP contribution in [0.15, 0.2) is 41.2 Å². The molecule has 5 N–H and O–H groups in total. The Balaban J connectivity index is 1.76.